The van der Waals surface area contributed by atoms with Crippen molar-refractivity contribution in [3.63, 3.8) is 0 Å². The predicted octanol–water partition coefficient (Wildman–Crippen LogP) is 3.53. The van der Waals surface area contributed by atoms with Crippen LogP contribution in [0.25, 0.3) is 0 Å². The summed E-state index contributed by atoms with van der Waals surface area (Å²) in [5, 5.41) is 3.28. The molecule has 1 aromatic carbocycles. The lowest BCUT2D eigenvalue weighted by Crippen LogP contribution is -2.13. The van der Waals surface area contributed by atoms with Crippen molar-refractivity contribution in [3.8, 4) is 0 Å². The second kappa shape index (κ2) is 5.54. The third-order valence-electron chi connectivity index (χ3n) is 2.60. The molecule has 0 atom stereocenters. The van der Waals surface area contributed by atoms with Gasteiger partial charge in [0.2, 0.25) is 5.91 Å². The van der Waals surface area contributed by atoms with Gasteiger partial charge < -0.3 is 11.1 Å². The first-order valence-electron chi connectivity index (χ1n) is 5.45. The number of anilines is 1. The highest BCUT2D eigenvalue weighted by atomic mass is 79.9. The quantitative estimate of drug-likeness (QED) is 0.903. The van der Waals surface area contributed by atoms with E-state index in [0.29, 0.717) is 5.56 Å². The van der Waals surface area contributed by atoms with Gasteiger partial charge >= 0.3 is 0 Å². The van der Waals surface area contributed by atoms with Gasteiger partial charge in [-0.1, -0.05) is 6.07 Å². The van der Waals surface area contributed by atoms with Crippen molar-refractivity contribution in [1.82, 2.24) is 0 Å². The standard InChI is InChI=1S/C13H13BrN2OS/c1-8-2-3-9(6-11(8)13(15)17)16-7-10-4-5-12(14)18-10/h2-6,16H,7H2,1H3,(H2,15,17). The van der Waals surface area contributed by atoms with Crippen molar-refractivity contribution >= 4 is 38.9 Å². The van der Waals surface area contributed by atoms with E-state index in [0.717, 1.165) is 21.6 Å². The maximum atomic E-state index is 11.2. The topological polar surface area (TPSA) is 55.1 Å². The minimum atomic E-state index is -0.394. The van der Waals surface area contributed by atoms with Crippen LogP contribution in [0.15, 0.2) is 34.1 Å². The minimum Gasteiger partial charge on any atom is -0.380 e. The van der Waals surface area contributed by atoms with Gasteiger partial charge in [-0.15, -0.1) is 11.3 Å². The molecule has 0 aliphatic heterocycles. The summed E-state index contributed by atoms with van der Waals surface area (Å²) < 4.78 is 1.11. The molecule has 2 rings (SSSR count). The number of amides is 1. The number of benzene rings is 1. The molecule has 2 aromatic rings. The highest BCUT2D eigenvalue weighted by Gasteiger charge is 2.06. The molecular formula is C13H13BrN2OS. The first kappa shape index (κ1) is 13.1. The van der Waals surface area contributed by atoms with Crippen molar-refractivity contribution < 1.29 is 4.79 Å². The fourth-order valence-electron chi connectivity index (χ4n) is 1.63. The lowest BCUT2D eigenvalue weighted by atomic mass is 10.1. The zero-order valence-electron chi connectivity index (χ0n) is 9.87. The second-order valence-corrected chi connectivity index (χ2v) is 6.50. The number of hydrogen-bond acceptors (Lipinski definition) is 3. The number of nitrogens with one attached hydrogen (secondary N) is 1. The molecule has 94 valence electrons. The van der Waals surface area contributed by atoms with Crippen LogP contribution in [0, 0.1) is 6.92 Å². The van der Waals surface area contributed by atoms with E-state index in [1.165, 1.54) is 4.88 Å². The fraction of sp³-hybridized carbons (Fsp3) is 0.154. The number of carbonyl (C=O) groups is 1. The first-order chi connectivity index (χ1) is 8.56. The monoisotopic (exact) mass is 324 g/mol. The van der Waals surface area contributed by atoms with E-state index in [2.05, 4.69) is 27.3 Å². The van der Waals surface area contributed by atoms with E-state index in [1.54, 1.807) is 17.4 Å². The Labute approximate surface area is 118 Å². The van der Waals surface area contributed by atoms with Gasteiger partial charge in [-0.25, -0.2) is 0 Å². The summed E-state index contributed by atoms with van der Waals surface area (Å²) in [5.74, 6) is -0.394. The predicted molar refractivity (Wildman–Crippen MR) is 79.0 cm³/mol. The Kier molecular flexibility index (Phi) is 4.04. The molecule has 0 aliphatic carbocycles. The SMILES string of the molecule is Cc1ccc(NCc2ccc(Br)s2)cc1C(N)=O. The van der Waals surface area contributed by atoms with Gasteiger partial charge in [-0.2, -0.15) is 0 Å². The molecule has 3 nitrogen and oxygen atoms in total. The summed E-state index contributed by atoms with van der Waals surface area (Å²) in [6, 6.07) is 9.72. The molecule has 1 aromatic heterocycles. The Morgan fingerprint density at radius 2 is 2.17 bits per heavy atom. The molecule has 0 spiro atoms. The van der Waals surface area contributed by atoms with Crippen molar-refractivity contribution in [2.75, 3.05) is 5.32 Å². The molecule has 5 heteroatoms. The van der Waals surface area contributed by atoms with Crippen LogP contribution in [0.4, 0.5) is 5.69 Å². The number of rotatable bonds is 4. The van der Waals surface area contributed by atoms with E-state index in [4.69, 9.17) is 5.73 Å². The van der Waals surface area contributed by atoms with Crippen LogP contribution in [0.1, 0.15) is 20.8 Å². The highest BCUT2D eigenvalue weighted by Crippen LogP contribution is 2.23. The number of halogens is 1. The fourth-order valence-corrected chi connectivity index (χ4v) is 3.06. The number of aryl methyl sites for hydroxylation is 1. The van der Waals surface area contributed by atoms with E-state index < -0.39 is 5.91 Å². The summed E-state index contributed by atoms with van der Waals surface area (Å²) in [6.07, 6.45) is 0. The van der Waals surface area contributed by atoms with E-state index in [9.17, 15) is 4.79 Å². The molecule has 3 N–H and O–H groups in total. The highest BCUT2D eigenvalue weighted by molar-refractivity contribution is 9.11. The zero-order chi connectivity index (χ0) is 13.1. The van der Waals surface area contributed by atoms with Crippen molar-refractivity contribution in [2.45, 2.75) is 13.5 Å². The number of nitrogens with two attached hydrogens (primary N) is 1. The van der Waals surface area contributed by atoms with Gasteiger partial charge in [-0.3, -0.25) is 4.79 Å². The Bertz CT molecular complexity index is 580. The average molecular weight is 325 g/mol. The zero-order valence-corrected chi connectivity index (χ0v) is 12.3. The summed E-state index contributed by atoms with van der Waals surface area (Å²) in [5.41, 5.74) is 7.68. The summed E-state index contributed by atoms with van der Waals surface area (Å²) in [4.78, 5) is 12.5. The Morgan fingerprint density at radius 1 is 1.39 bits per heavy atom. The van der Waals surface area contributed by atoms with Crippen molar-refractivity contribution in [2.24, 2.45) is 5.73 Å². The third kappa shape index (κ3) is 3.11. The summed E-state index contributed by atoms with van der Waals surface area (Å²) in [7, 11) is 0. The molecule has 0 unspecified atom stereocenters. The maximum Gasteiger partial charge on any atom is 0.249 e. The van der Waals surface area contributed by atoms with Crippen LogP contribution >= 0.6 is 27.3 Å². The van der Waals surface area contributed by atoms with Crippen LogP contribution < -0.4 is 11.1 Å². The third-order valence-corrected chi connectivity index (χ3v) is 4.22. The smallest absolute Gasteiger partial charge is 0.249 e. The molecular weight excluding hydrogens is 312 g/mol. The first-order valence-corrected chi connectivity index (χ1v) is 7.06. The van der Waals surface area contributed by atoms with E-state index in [1.807, 2.05) is 25.1 Å². The Balaban J connectivity index is 2.10. The summed E-state index contributed by atoms with van der Waals surface area (Å²) >= 11 is 5.11. The molecule has 1 heterocycles. The van der Waals surface area contributed by atoms with Crippen molar-refractivity contribution in [1.29, 1.82) is 0 Å². The molecule has 0 bridgehead atoms. The molecule has 18 heavy (non-hydrogen) atoms. The van der Waals surface area contributed by atoms with Gasteiger partial charge in [0.1, 0.15) is 0 Å². The lowest BCUT2D eigenvalue weighted by Gasteiger charge is -2.08. The largest absolute Gasteiger partial charge is 0.380 e. The number of hydrogen-bond donors (Lipinski definition) is 2. The van der Waals surface area contributed by atoms with Crippen LogP contribution in [-0.4, -0.2) is 5.91 Å². The van der Waals surface area contributed by atoms with Crippen LogP contribution in [0.2, 0.25) is 0 Å². The maximum absolute atomic E-state index is 11.2. The average Bonchev–Trinajstić information content (AvgIpc) is 2.74. The summed E-state index contributed by atoms with van der Waals surface area (Å²) in [6.45, 7) is 2.61. The van der Waals surface area contributed by atoms with E-state index >= 15 is 0 Å². The Morgan fingerprint density at radius 3 is 2.78 bits per heavy atom. The molecule has 1 amide bonds. The van der Waals surface area contributed by atoms with Gasteiger partial charge in [0.25, 0.3) is 0 Å². The van der Waals surface area contributed by atoms with Gasteiger partial charge in [-0.05, 0) is 52.7 Å². The molecule has 0 radical (unpaired) electrons. The number of carbonyl (C=O) groups excluding carboxylic acids is 1. The van der Waals surface area contributed by atoms with Crippen LogP contribution in [0.3, 0.4) is 0 Å². The van der Waals surface area contributed by atoms with Gasteiger partial charge in [0.15, 0.2) is 0 Å². The van der Waals surface area contributed by atoms with Gasteiger partial charge in [0.05, 0.1) is 3.79 Å². The molecule has 0 saturated carbocycles. The number of thiophene rings is 1. The molecule has 0 fully saturated rings. The van der Waals surface area contributed by atoms with Crippen LogP contribution in [-0.2, 0) is 6.54 Å². The lowest BCUT2D eigenvalue weighted by molar-refractivity contribution is 0.1000. The van der Waals surface area contributed by atoms with Crippen LogP contribution in [0.5, 0.6) is 0 Å². The Hall–Kier alpha value is -1.33. The second-order valence-electron chi connectivity index (χ2n) is 3.95. The van der Waals surface area contributed by atoms with Gasteiger partial charge in [0, 0.05) is 22.7 Å². The number of primary amides is 1. The van der Waals surface area contributed by atoms with E-state index in [-0.39, 0.29) is 0 Å². The normalized spacial score (nSPS) is 10.3. The minimum absolute atomic E-state index is 0.394. The molecule has 0 saturated heterocycles. The molecule has 0 aliphatic rings. The van der Waals surface area contributed by atoms with Crippen molar-refractivity contribution in [3.05, 3.63) is 50.1 Å².